The molecule has 1 aromatic rings. The lowest BCUT2D eigenvalue weighted by molar-refractivity contribution is -0.147. The second kappa shape index (κ2) is 7.40. The van der Waals surface area contributed by atoms with Gasteiger partial charge in [-0.1, -0.05) is 6.07 Å². The van der Waals surface area contributed by atoms with Crippen LogP contribution < -0.4 is 0 Å². The van der Waals surface area contributed by atoms with Crippen LogP contribution in [0.1, 0.15) is 40.9 Å². The van der Waals surface area contributed by atoms with E-state index < -0.39 is 18.0 Å². The number of benzene rings is 1. The highest BCUT2D eigenvalue weighted by molar-refractivity contribution is 5.90. The summed E-state index contributed by atoms with van der Waals surface area (Å²) < 4.78 is 4.82. The van der Waals surface area contributed by atoms with Crippen molar-refractivity contribution in [2.24, 2.45) is 0 Å². The summed E-state index contributed by atoms with van der Waals surface area (Å²) in [6, 6.07) is 4.30. The lowest BCUT2D eigenvalue weighted by atomic mass is 9.96. The van der Waals surface area contributed by atoms with Crippen LogP contribution in [0.15, 0.2) is 18.2 Å². The van der Waals surface area contributed by atoms with Crippen LogP contribution in [0.3, 0.4) is 0 Å². The van der Waals surface area contributed by atoms with Crippen molar-refractivity contribution in [2.75, 3.05) is 6.61 Å². The van der Waals surface area contributed by atoms with Gasteiger partial charge < -0.3 is 19.7 Å². The lowest BCUT2D eigenvalue weighted by Crippen LogP contribution is -2.15. The summed E-state index contributed by atoms with van der Waals surface area (Å²) in [5.74, 6) is -2.01. The minimum Gasteiger partial charge on any atom is -0.479 e. The van der Waals surface area contributed by atoms with E-state index in [-0.39, 0.29) is 24.2 Å². The average Bonchev–Trinajstić information content (AvgIpc) is 2.44. The van der Waals surface area contributed by atoms with Crippen LogP contribution in [0.25, 0.3) is 0 Å². The van der Waals surface area contributed by atoms with Crippen molar-refractivity contribution in [1.29, 1.82) is 0 Å². The maximum atomic E-state index is 11.6. The zero-order valence-corrected chi connectivity index (χ0v) is 11.0. The van der Waals surface area contributed by atoms with Crippen LogP contribution in [0, 0.1) is 0 Å². The Morgan fingerprint density at radius 3 is 2.65 bits per heavy atom. The molecular formula is C14H16O6. The minimum atomic E-state index is -1.74. The molecule has 0 amide bonds. The van der Waals surface area contributed by atoms with Crippen molar-refractivity contribution in [2.45, 2.75) is 25.9 Å². The van der Waals surface area contributed by atoms with Gasteiger partial charge in [0.2, 0.25) is 0 Å². The number of ether oxygens (including phenoxy) is 1. The summed E-state index contributed by atoms with van der Waals surface area (Å²) in [4.78, 5) is 32.9. The molecule has 0 aliphatic carbocycles. The Morgan fingerprint density at radius 1 is 1.40 bits per heavy atom. The number of aliphatic hydroxyl groups excluding tert-OH is 1. The molecule has 0 spiro atoms. The number of carboxylic acid groups (broad SMARTS) is 1. The molecule has 6 nitrogen and oxygen atoms in total. The van der Waals surface area contributed by atoms with Gasteiger partial charge in [0.1, 0.15) is 6.29 Å². The Bertz CT molecular complexity index is 508. The SMILES string of the molecule is CCOC(=O)c1ccc(CCC=O)c(C(O)C(=O)O)c1. The molecule has 0 radical (unpaired) electrons. The predicted molar refractivity (Wildman–Crippen MR) is 69.4 cm³/mol. The number of carbonyl (C=O) groups is 3. The molecule has 20 heavy (non-hydrogen) atoms. The van der Waals surface area contributed by atoms with E-state index in [1.54, 1.807) is 6.92 Å². The molecule has 0 aromatic heterocycles. The fourth-order valence-corrected chi connectivity index (χ4v) is 1.77. The van der Waals surface area contributed by atoms with E-state index in [4.69, 9.17) is 9.84 Å². The topological polar surface area (TPSA) is 101 Å². The maximum Gasteiger partial charge on any atom is 0.338 e. The van der Waals surface area contributed by atoms with Crippen molar-refractivity contribution in [3.63, 3.8) is 0 Å². The Morgan fingerprint density at radius 2 is 2.10 bits per heavy atom. The number of hydrogen-bond donors (Lipinski definition) is 2. The number of aliphatic hydroxyl groups is 1. The van der Waals surface area contributed by atoms with Gasteiger partial charge in [-0.25, -0.2) is 9.59 Å². The summed E-state index contributed by atoms with van der Waals surface area (Å²) in [7, 11) is 0. The molecule has 0 aliphatic heterocycles. The monoisotopic (exact) mass is 280 g/mol. The van der Waals surface area contributed by atoms with E-state index in [9.17, 15) is 19.5 Å². The predicted octanol–water partition coefficient (Wildman–Crippen LogP) is 1.11. The molecule has 108 valence electrons. The summed E-state index contributed by atoms with van der Waals surface area (Å²) in [6.45, 7) is 1.85. The van der Waals surface area contributed by atoms with E-state index in [0.29, 0.717) is 18.3 Å². The van der Waals surface area contributed by atoms with Crippen molar-refractivity contribution in [3.05, 3.63) is 34.9 Å². The van der Waals surface area contributed by atoms with Gasteiger partial charge in [0.05, 0.1) is 12.2 Å². The summed E-state index contributed by atoms with van der Waals surface area (Å²) in [5, 5.41) is 18.6. The van der Waals surface area contributed by atoms with Gasteiger partial charge in [-0.15, -0.1) is 0 Å². The summed E-state index contributed by atoms with van der Waals surface area (Å²) in [6.07, 6.45) is -0.536. The Balaban J connectivity index is 3.16. The summed E-state index contributed by atoms with van der Waals surface area (Å²) >= 11 is 0. The second-order valence-corrected chi connectivity index (χ2v) is 4.08. The van der Waals surface area contributed by atoms with Crippen LogP contribution in [0.4, 0.5) is 0 Å². The standard InChI is InChI=1S/C14H16O6/c1-2-20-14(19)10-6-5-9(4-3-7-15)11(8-10)12(16)13(17)18/h5-8,12,16H,2-4H2,1H3,(H,17,18). The number of esters is 1. The Hall–Kier alpha value is -2.21. The van der Waals surface area contributed by atoms with E-state index in [1.165, 1.54) is 18.2 Å². The first-order valence-electron chi connectivity index (χ1n) is 6.15. The molecule has 0 aliphatic rings. The van der Waals surface area contributed by atoms with Gasteiger partial charge in [-0.3, -0.25) is 0 Å². The van der Waals surface area contributed by atoms with E-state index in [0.717, 1.165) is 0 Å². The van der Waals surface area contributed by atoms with Gasteiger partial charge in [0.15, 0.2) is 6.10 Å². The molecule has 0 fully saturated rings. The zero-order valence-electron chi connectivity index (χ0n) is 11.0. The van der Waals surface area contributed by atoms with Crippen molar-refractivity contribution in [3.8, 4) is 0 Å². The number of hydrogen-bond acceptors (Lipinski definition) is 5. The molecular weight excluding hydrogens is 264 g/mol. The van der Waals surface area contributed by atoms with Gasteiger partial charge >= 0.3 is 11.9 Å². The number of carboxylic acids is 1. The summed E-state index contributed by atoms with van der Waals surface area (Å²) in [5.41, 5.74) is 0.780. The number of carbonyl (C=O) groups excluding carboxylic acids is 2. The van der Waals surface area contributed by atoms with Crippen LogP contribution in [0.5, 0.6) is 0 Å². The number of aldehydes is 1. The first kappa shape index (κ1) is 15.8. The third kappa shape index (κ3) is 3.89. The highest BCUT2D eigenvalue weighted by Gasteiger charge is 2.21. The molecule has 0 saturated carbocycles. The van der Waals surface area contributed by atoms with Gasteiger partial charge in [0, 0.05) is 6.42 Å². The number of aliphatic carboxylic acids is 1. The fraction of sp³-hybridized carbons (Fsp3) is 0.357. The molecule has 1 aromatic carbocycles. The first-order valence-corrected chi connectivity index (χ1v) is 6.15. The smallest absolute Gasteiger partial charge is 0.338 e. The van der Waals surface area contributed by atoms with Gasteiger partial charge in [-0.2, -0.15) is 0 Å². The van der Waals surface area contributed by atoms with Crippen LogP contribution in [-0.2, 0) is 20.7 Å². The molecule has 1 unspecified atom stereocenters. The van der Waals surface area contributed by atoms with Crippen LogP contribution in [-0.4, -0.2) is 35.0 Å². The second-order valence-electron chi connectivity index (χ2n) is 4.08. The Kier molecular flexibility index (Phi) is 5.86. The van der Waals surface area contributed by atoms with Crippen molar-refractivity contribution < 1.29 is 29.3 Å². The third-order valence-electron chi connectivity index (χ3n) is 2.72. The van der Waals surface area contributed by atoms with E-state index in [2.05, 4.69) is 0 Å². The van der Waals surface area contributed by atoms with Crippen LogP contribution >= 0.6 is 0 Å². The fourth-order valence-electron chi connectivity index (χ4n) is 1.77. The first-order chi connectivity index (χ1) is 9.51. The van der Waals surface area contributed by atoms with Crippen LogP contribution in [0.2, 0.25) is 0 Å². The van der Waals surface area contributed by atoms with E-state index >= 15 is 0 Å². The van der Waals surface area contributed by atoms with E-state index in [1.807, 2.05) is 0 Å². The lowest BCUT2D eigenvalue weighted by Gasteiger charge is -2.13. The molecule has 0 heterocycles. The number of rotatable bonds is 7. The van der Waals surface area contributed by atoms with Crippen molar-refractivity contribution >= 4 is 18.2 Å². The maximum absolute atomic E-state index is 11.6. The quantitative estimate of drug-likeness (QED) is 0.573. The number of aryl methyl sites for hydroxylation is 1. The Labute approximate surface area is 116 Å². The van der Waals surface area contributed by atoms with Gasteiger partial charge in [0.25, 0.3) is 0 Å². The molecule has 0 bridgehead atoms. The molecule has 1 atom stereocenters. The normalized spacial score (nSPS) is 11.7. The molecule has 6 heteroatoms. The molecule has 1 rings (SSSR count). The van der Waals surface area contributed by atoms with Crippen molar-refractivity contribution in [1.82, 2.24) is 0 Å². The highest BCUT2D eigenvalue weighted by atomic mass is 16.5. The highest BCUT2D eigenvalue weighted by Crippen LogP contribution is 2.22. The molecule has 0 saturated heterocycles. The molecule has 2 N–H and O–H groups in total. The largest absolute Gasteiger partial charge is 0.479 e. The zero-order chi connectivity index (χ0) is 15.1. The minimum absolute atomic E-state index is 0.102. The third-order valence-corrected chi connectivity index (χ3v) is 2.72. The van der Waals surface area contributed by atoms with Gasteiger partial charge in [-0.05, 0) is 36.6 Å². The average molecular weight is 280 g/mol.